The van der Waals surface area contributed by atoms with E-state index >= 15 is 0 Å². The third kappa shape index (κ3) is 3.22. The van der Waals surface area contributed by atoms with Crippen LogP contribution in [0.25, 0.3) is 5.70 Å². The van der Waals surface area contributed by atoms with E-state index in [2.05, 4.69) is 10.6 Å². The van der Waals surface area contributed by atoms with Crippen molar-refractivity contribution in [3.05, 3.63) is 59.7 Å². The highest BCUT2D eigenvalue weighted by Crippen LogP contribution is 2.31. The Morgan fingerprint density at radius 3 is 2.61 bits per heavy atom. The molecule has 1 unspecified atom stereocenters. The van der Waals surface area contributed by atoms with Crippen LogP contribution in [0.15, 0.2) is 48.5 Å². The number of phenolic OH excluding ortho intramolecular Hbond substituents is 1. The third-order valence-electron chi connectivity index (χ3n) is 3.65. The van der Waals surface area contributed by atoms with Gasteiger partial charge in [0.2, 0.25) is 0 Å². The van der Waals surface area contributed by atoms with E-state index in [-0.39, 0.29) is 11.8 Å². The molecule has 0 spiro atoms. The van der Waals surface area contributed by atoms with Crippen molar-refractivity contribution in [1.29, 1.82) is 0 Å². The number of rotatable bonds is 3. The van der Waals surface area contributed by atoms with Gasteiger partial charge in [-0.3, -0.25) is 0 Å². The number of thiocarbonyl (C=S) groups is 1. The maximum absolute atomic E-state index is 9.73. The van der Waals surface area contributed by atoms with E-state index in [0.29, 0.717) is 16.5 Å². The van der Waals surface area contributed by atoms with E-state index in [1.807, 2.05) is 36.4 Å². The Morgan fingerprint density at radius 2 is 1.91 bits per heavy atom. The molecule has 118 valence electrons. The summed E-state index contributed by atoms with van der Waals surface area (Å²) < 4.78 is 5.17. The van der Waals surface area contributed by atoms with E-state index < -0.39 is 0 Å². The van der Waals surface area contributed by atoms with Gasteiger partial charge in [-0.05, 0) is 53.7 Å². The second-order valence-electron chi connectivity index (χ2n) is 5.21. The largest absolute Gasteiger partial charge is 0.504 e. The number of methoxy groups -OCH3 is 1. The first kappa shape index (κ1) is 15.2. The van der Waals surface area contributed by atoms with Crippen molar-refractivity contribution in [2.24, 2.45) is 0 Å². The minimum absolute atomic E-state index is 0.107. The molecule has 0 aromatic heterocycles. The molecule has 0 bridgehead atoms. The first-order valence-corrected chi connectivity index (χ1v) is 7.50. The molecule has 0 aliphatic carbocycles. The maximum Gasteiger partial charge on any atom is 0.171 e. The van der Waals surface area contributed by atoms with Crippen molar-refractivity contribution in [1.82, 2.24) is 10.6 Å². The standard InChI is InChI=1S/C17H17N3O2S/c1-22-16-8-11(4-7-15(16)21)14-9-13(19-17(23)20-14)10-2-5-12(18)6-3-10/h2-9,14,21H,18H2,1H3,(H2,19,20,23). The number of hydrogen-bond acceptors (Lipinski definition) is 4. The van der Waals surface area contributed by atoms with Gasteiger partial charge in [0.05, 0.1) is 13.2 Å². The fourth-order valence-corrected chi connectivity index (χ4v) is 2.68. The molecule has 1 aliphatic rings. The quantitative estimate of drug-likeness (QED) is 0.512. The summed E-state index contributed by atoms with van der Waals surface area (Å²) in [7, 11) is 1.52. The molecule has 5 N–H and O–H groups in total. The third-order valence-corrected chi connectivity index (χ3v) is 3.87. The molecule has 3 rings (SSSR count). The van der Waals surface area contributed by atoms with E-state index in [1.54, 1.807) is 12.1 Å². The highest BCUT2D eigenvalue weighted by atomic mass is 32.1. The summed E-state index contributed by atoms with van der Waals surface area (Å²) in [6.07, 6.45) is 2.03. The monoisotopic (exact) mass is 327 g/mol. The van der Waals surface area contributed by atoms with Gasteiger partial charge in [-0.2, -0.15) is 0 Å². The van der Waals surface area contributed by atoms with E-state index in [1.165, 1.54) is 7.11 Å². The zero-order valence-corrected chi connectivity index (χ0v) is 13.4. The molecule has 5 nitrogen and oxygen atoms in total. The molecular weight excluding hydrogens is 310 g/mol. The number of anilines is 1. The molecular formula is C17H17N3O2S. The molecule has 2 aromatic carbocycles. The van der Waals surface area contributed by atoms with Crippen molar-refractivity contribution in [2.45, 2.75) is 6.04 Å². The van der Waals surface area contributed by atoms with E-state index in [0.717, 1.165) is 16.8 Å². The van der Waals surface area contributed by atoms with Crippen molar-refractivity contribution in [3.63, 3.8) is 0 Å². The fraction of sp³-hybridized carbons (Fsp3) is 0.118. The van der Waals surface area contributed by atoms with Crippen LogP contribution >= 0.6 is 12.2 Å². The number of hydrogen-bond donors (Lipinski definition) is 4. The van der Waals surface area contributed by atoms with Crippen molar-refractivity contribution in [3.8, 4) is 11.5 Å². The second kappa shape index (κ2) is 6.18. The lowest BCUT2D eigenvalue weighted by Gasteiger charge is -2.26. The summed E-state index contributed by atoms with van der Waals surface area (Å²) >= 11 is 5.30. The van der Waals surface area contributed by atoms with Gasteiger partial charge < -0.3 is 26.2 Å². The maximum atomic E-state index is 9.73. The Labute approximate surface area is 139 Å². The predicted molar refractivity (Wildman–Crippen MR) is 95.1 cm³/mol. The van der Waals surface area contributed by atoms with Gasteiger partial charge in [0.15, 0.2) is 16.6 Å². The number of nitrogen functional groups attached to an aromatic ring is 1. The van der Waals surface area contributed by atoms with E-state index in [4.69, 9.17) is 22.7 Å². The molecule has 6 heteroatoms. The van der Waals surface area contributed by atoms with Crippen LogP contribution < -0.4 is 21.1 Å². The van der Waals surface area contributed by atoms with Crippen LogP contribution in [-0.2, 0) is 0 Å². The summed E-state index contributed by atoms with van der Waals surface area (Å²) in [5, 5.41) is 16.6. The van der Waals surface area contributed by atoms with Crippen molar-refractivity contribution in [2.75, 3.05) is 12.8 Å². The number of nitrogens with one attached hydrogen (secondary N) is 2. The van der Waals surface area contributed by atoms with Crippen LogP contribution in [-0.4, -0.2) is 17.3 Å². The molecule has 0 amide bonds. The summed E-state index contributed by atoms with van der Waals surface area (Å²) in [4.78, 5) is 0. The number of nitrogens with two attached hydrogens (primary N) is 1. The van der Waals surface area contributed by atoms with Gasteiger partial charge in [0.1, 0.15) is 0 Å². The summed E-state index contributed by atoms with van der Waals surface area (Å²) in [5.74, 6) is 0.534. The Balaban J connectivity index is 1.97. The minimum atomic E-state index is -0.120. The van der Waals surface area contributed by atoms with Crippen LogP contribution in [0.3, 0.4) is 0 Å². The fourth-order valence-electron chi connectivity index (χ4n) is 2.45. The molecule has 0 radical (unpaired) electrons. The molecule has 2 aromatic rings. The van der Waals surface area contributed by atoms with Crippen molar-refractivity contribution >= 4 is 28.7 Å². The van der Waals surface area contributed by atoms with E-state index in [9.17, 15) is 5.11 Å². The summed E-state index contributed by atoms with van der Waals surface area (Å²) in [6, 6.07) is 12.7. The topological polar surface area (TPSA) is 79.5 Å². The lowest BCUT2D eigenvalue weighted by molar-refractivity contribution is 0.372. The smallest absolute Gasteiger partial charge is 0.171 e. The Morgan fingerprint density at radius 1 is 1.17 bits per heavy atom. The predicted octanol–water partition coefficient (Wildman–Crippen LogP) is 2.54. The average molecular weight is 327 g/mol. The Bertz CT molecular complexity index is 772. The Kier molecular flexibility index (Phi) is 4.08. The van der Waals surface area contributed by atoms with Crippen LogP contribution in [0.4, 0.5) is 5.69 Å². The van der Waals surface area contributed by atoms with Crippen LogP contribution in [0, 0.1) is 0 Å². The Hall–Kier alpha value is -2.73. The lowest BCUT2D eigenvalue weighted by Crippen LogP contribution is -2.40. The number of phenols is 1. The first-order valence-electron chi connectivity index (χ1n) is 7.09. The number of ether oxygens (including phenoxy) is 1. The zero-order chi connectivity index (χ0) is 16.4. The van der Waals surface area contributed by atoms with Gasteiger partial charge in [-0.1, -0.05) is 18.2 Å². The molecule has 1 aliphatic heterocycles. The van der Waals surface area contributed by atoms with Gasteiger partial charge in [-0.25, -0.2) is 0 Å². The SMILES string of the molecule is COc1cc(C2C=C(c3ccc(N)cc3)NC(=S)N2)ccc1O. The molecule has 1 atom stereocenters. The van der Waals surface area contributed by atoms with Gasteiger partial charge in [0, 0.05) is 11.4 Å². The summed E-state index contributed by atoms with van der Waals surface area (Å²) in [6.45, 7) is 0. The normalized spacial score (nSPS) is 17.0. The molecule has 0 saturated heterocycles. The molecule has 1 heterocycles. The van der Waals surface area contributed by atoms with Gasteiger partial charge in [-0.15, -0.1) is 0 Å². The second-order valence-corrected chi connectivity index (χ2v) is 5.62. The molecule has 0 saturated carbocycles. The minimum Gasteiger partial charge on any atom is -0.504 e. The average Bonchev–Trinajstić information content (AvgIpc) is 2.55. The van der Waals surface area contributed by atoms with Crippen LogP contribution in [0.2, 0.25) is 0 Å². The highest BCUT2D eigenvalue weighted by Gasteiger charge is 2.19. The van der Waals surface area contributed by atoms with Crippen molar-refractivity contribution < 1.29 is 9.84 Å². The zero-order valence-electron chi connectivity index (χ0n) is 12.5. The first-order chi connectivity index (χ1) is 11.1. The molecule has 0 fully saturated rings. The van der Waals surface area contributed by atoms with Crippen LogP contribution in [0.1, 0.15) is 17.2 Å². The van der Waals surface area contributed by atoms with Gasteiger partial charge >= 0.3 is 0 Å². The summed E-state index contributed by atoms with van der Waals surface area (Å²) in [5.41, 5.74) is 9.29. The lowest BCUT2D eigenvalue weighted by atomic mass is 10.0. The van der Waals surface area contributed by atoms with Gasteiger partial charge in [0.25, 0.3) is 0 Å². The highest BCUT2D eigenvalue weighted by molar-refractivity contribution is 7.80. The number of benzene rings is 2. The van der Waals surface area contributed by atoms with Crippen LogP contribution in [0.5, 0.6) is 11.5 Å². The number of aromatic hydroxyl groups is 1. The molecule has 23 heavy (non-hydrogen) atoms.